The molecular formula is C22H29FN4O3. The van der Waals surface area contributed by atoms with E-state index in [1.807, 2.05) is 13.8 Å². The topological polar surface area (TPSA) is 95.0 Å². The Bertz CT molecular complexity index is 873. The number of aliphatic imine (C=N–C) groups is 1. The molecule has 8 heteroatoms. The van der Waals surface area contributed by atoms with Gasteiger partial charge in [0.25, 0.3) is 5.91 Å². The van der Waals surface area contributed by atoms with Gasteiger partial charge in [0.1, 0.15) is 5.75 Å². The Morgan fingerprint density at radius 2 is 2.03 bits per heavy atom. The third kappa shape index (κ3) is 6.95. The average Bonchev–Trinajstić information content (AvgIpc) is 2.73. The molecule has 0 saturated heterocycles. The number of carbonyl (C=O) groups is 1. The number of phenolic OH excluding ortho intramolecular Hbond substituents is 1. The highest BCUT2D eigenvalue weighted by atomic mass is 19.1. The van der Waals surface area contributed by atoms with Crippen LogP contribution in [0.3, 0.4) is 0 Å². The highest BCUT2D eigenvalue weighted by molar-refractivity contribution is 5.94. The molecule has 0 aliphatic carbocycles. The summed E-state index contributed by atoms with van der Waals surface area (Å²) in [4.78, 5) is 16.6. The van der Waals surface area contributed by atoms with Crippen molar-refractivity contribution in [2.24, 2.45) is 4.99 Å². The minimum atomic E-state index is -0.409. The molecule has 0 heterocycles. The number of carbonyl (C=O) groups excluding carboxylic acids is 1. The lowest BCUT2D eigenvalue weighted by atomic mass is 10.1. The van der Waals surface area contributed by atoms with E-state index in [9.17, 15) is 14.3 Å². The molecule has 2 aromatic carbocycles. The number of guanidine groups is 1. The lowest BCUT2D eigenvalue weighted by Gasteiger charge is -2.18. The largest absolute Gasteiger partial charge is 0.508 e. The lowest BCUT2D eigenvalue weighted by Crippen LogP contribution is -2.39. The van der Waals surface area contributed by atoms with Crippen LogP contribution in [0.1, 0.15) is 42.2 Å². The van der Waals surface area contributed by atoms with Crippen molar-refractivity contribution in [3.8, 4) is 11.5 Å². The molecule has 1 unspecified atom stereocenters. The van der Waals surface area contributed by atoms with Gasteiger partial charge in [-0.25, -0.2) is 4.39 Å². The molecule has 0 saturated carbocycles. The van der Waals surface area contributed by atoms with Crippen LogP contribution in [0.2, 0.25) is 0 Å². The second-order valence-electron chi connectivity index (χ2n) is 6.68. The van der Waals surface area contributed by atoms with Crippen LogP contribution in [-0.4, -0.2) is 43.7 Å². The molecule has 0 fully saturated rings. The quantitative estimate of drug-likeness (QED) is 0.286. The second-order valence-corrected chi connectivity index (χ2v) is 6.68. The fourth-order valence-corrected chi connectivity index (χ4v) is 2.78. The number of methoxy groups -OCH3 is 1. The van der Waals surface area contributed by atoms with Gasteiger partial charge in [0.15, 0.2) is 17.5 Å². The fraction of sp³-hybridized carbons (Fsp3) is 0.364. The minimum Gasteiger partial charge on any atom is -0.508 e. The molecule has 0 radical (unpaired) electrons. The summed E-state index contributed by atoms with van der Waals surface area (Å²) in [6.45, 7) is 5.52. The first-order chi connectivity index (χ1) is 14.4. The van der Waals surface area contributed by atoms with Gasteiger partial charge in [-0.1, -0.05) is 12.1 Å². The van der Waals surface area contributed by atoms with Crippen LogP contribution in [-0.2, 0) is 0 Å². The zero-order valence-corrected chi connectivity index (χ0v) is 17.5. The third-order valence-electron chi connectivity index (χ3n) is 4.37. The van der Waals surface area contributed by atoms with Crippen LogP contribution in [0.25, 0.3) is 0 Å². The average molecular weight is 416 g/mol. The van der Waals surface area contributed by atoms with Crippen molar-refractivity contribution in [3.05, 3.63) is 59.4 Å². The predicted molar refractivity (Wildman–Crippen MR) is 116 cm³/mol. The molecule has 7 nitrogen and oxygen atoms in total. The monoisotopic (exact) mass is 416 g/mol. The first-order valence-corrected chi connectivity index (χ1v) is 9.90. The molecule has 0 aromatic heterocycles. The van der Waals surface area contributed by atoms with Crippen LogP contribution >= 0.6 is 0 Å². The second kappa shape index (κ2) is 11.6. The smallest absolute Gasteiger partial charge is 0.251 e. The Balaban J connectivity index is 1.85. The molecule has 30 heavy (non-hydrogen) atoms. The van der Waals surface area contributed by atoms with Gasteiger partial charge in [-0.2, -0.15) is 0 Å². The number of halogens is 1. The van der Waals surface area contributed by atoms with E-state index in [-0.39, 0.29) is 23.4 Å². The molecule has 2 rings (SSSR count). The molecule has 2 aromatic rings. The Morgan fingerprint density at radius 1 is 1.23 bits per heavy atom. The van der Waals surface area contributed by atoms with E-state index in [2.05, 4.69) is 20.9 Å². The first-order valence-electron chi connectivity index (χ1n) is 9.90. The van der Waals surface area contributed by atoms with Gasteiger partial charge in [0.05, 0.1) is 13.2 Å². The van der Waals surface area contributed by atoms with Crippen molar-refractivity contribution in [2.75, 3.05) is 26.7 Å². The van der Waals surface area contributed by atoms with E-state index in [1.54, 1.807) is 24.3 Å². The van der Waals surface area contributed by atoms with Crippen molar-refractivity contribution in [1.29, 1.82) is 0 Å². The van der Waals surface area contributed by atoms with Crippen molar-refractivity contribution < 1.29 is 19.0 Å². The van der Waals surface area contributed by atoms with E-state index >= 15 is 0 Å². The van der Waals surface area contributed by atoms with Crippen molar-refractivity contribution in [3.63, 3.8) is 0 Å². The predicted octanol–water partition coefficient (Wildman–Crippen LogP) is 2.98. The fourth-order valence-electron chi connectivity index (χ4n) is 2.78. The van der Waals surface area contributed by atoms with Gasteiger partial charge in [-0.3, -0.25) is 9.79 Å². The summed E-state index contributed by atoms with van der Waals surface area (Å²) in [5.74, 6) is 0.224. The summed E-state index contributed by atoms with van der Waals surface area (Å²) in [7, 11) is 1.43. The Labute approximate surface area is 176 Å². The molecule has 4 N–H and O–H groups in total. The highest BCUT2D eigenvalue weighted by Crippen LogP contribution is 2.21. The Kier molecular flexibility index (Phi) is 8.93. The van der Waals surface area contributed by atoms with Crippen LogP contribution in [0.15, 0.2) is 47.5 Å². The zero-order chi connectivity index (χ0) is 21.9. The van der Waals surface area contributed by atoms with E-state index in [4.69, 9.17) is 4.74 Å². The van der Waals surface area contributed by atoms with Gasteiger partial charge in [0.2, 0.25) is 0 Å². The summed E-state index contributed by atoms with van der Waals surface area (Å²) < 4.78 is 18.9. The number of hydrogen-bond donors (Lipinski definition) is 4. The highest BCUT2D eigenvalue weighted by Gasteiger charge is 2.11. The maximum Gasteiger partial charge on any atom is 0.251 e. The summed E-state index contributed by atoms with van der Waals surface area (Å²) in [6.07, 6.45) is 0.646. The lowest BCUT2D eigenvalue weighted by molar-refractivity contribution is 0.0953. The van der Waals surface area contributed by atoms with E-state index in [1.165, 1.54) is 25.3 Å². The van der Waals surface area contributed by atoms with E-state index in [0.717, 1.165) is 5.56 Å². The van der Waals surface area contributed by atoms with E-state index in [0.29, 0.717) is 37.6 Å². The van der Waals surface area contributed by atoms with Crippen LogP contribution < -0.4 is 20.7 Å². The number of hydrogen-bond acceptors (Lipinski definition) is 4. The number of nitrogens with zero attached hydrogens (tertiary/aromatic N) is 1. The van der Waals surface area contributed by atoms with Crippen LogP contribution in [0.4, 0.5) is 4.39 Å². The Hall–Kier alpha value is -3.29. The number of phenols is 1. The summed E-state index contributed by atoms with van der Waals surface area (Å²) in [6, 6.07) is 10.9. The number of rotatable bonds is 9. The summed E-state index contributed by atoms with van der Waals surface area (Å²) >= 11 is 0. The molecular weight excluding hydrogens is 387 g/mol. The van der Waals surface area contributed by atoms with Gasteiger partial charge in [-0.05, 0) is 56.2 Å². The first kappa shape index (κ1) is 23.0. The van der Waals surface area contributed by atoms with Crippen LogP contribution in [0, 0.1) is 5.82 Å². The van der Waals surface area contributed by atoms with E-state index < -0.39 is 5.82 Å². The molecule has 0 aliphatic heterocycles. The molecule has 162 valence electrons. The third-order valence-corrected chi connectivity index (χ3v) is 4.37. The number of nitrogens with one attached hydrogen (secondary N) is 3. The van der Waals surface area contributed by atoms with Gasteiger partial charge in [-0.15, -0.1) is 0 Å². The zero-order valence-electron chi connectivity index (χ0n) is 17.5. The standard InChI is InChI=1S/C22H29FN4O3/c1-4-24-22(27-15(2)16-9-10-20(30-3)19(23)14-16)26-12-6-11-25-21(29)17-7-5-8-18(28)13-17/h5,7-10,13-15,28H,4,6,11-12H2,1-3H3,(H,25,29)(H2,24,26,27). The maximum absolute atomic E-state index is 13.9. The molecule has 0 bridgehead atoms. The van der Waals surface area contributed by atoms with Gasteiger partial charge in [0, 0.05) is 25.2 Å². The van der Waals surface area contributed by atoms with Crippen LogP contribution in [0.5, 0.6) is 11.5 Å². The number of aromatic hydroxyl groups is 1. The summed E-state index contributed by atoms with van der Waals surface area (Å²) in [5.41, 5.74) is 1.19. The van der Waals surface area contributed by atoms with Crippen molar-refractivity contribution >= 4 is 11.9 Å². The SMILES string of the molecule is CCNC(=NCCCNC(=O)c1cccc(O)c1)NC(C)c1ccc(OC)c(F)c1. The minimum absolute atomic E-state index is 0.0551. The molecule has 0 aliphatic rings. The molecule has 1 amide bonds. The summed E-state index contributed by atoms with van der Waals surface area (Å²) in [5, 5.41) is 18.6. The normalized spacial score (nSPS) is 12.2. The number of amides is 1. The maximum atomic E-state index is 13.9. The van der Waals surface area contributed by atoms with Crippen molar-refractivity contribution in [2.45, 2.75) is 26.3 Å². The molecule has 0 spiro atoms. The van der Waals surface area contributed by atoms with Crippen molar-refractivity contribution in [1.82, 2.24) is 16.0 Å². The van der Waals surface area contributed by atoms with Gasteiger partial charge >= 0.3 is 0 Å². The van der Waals surface area contributed by atoms with Gasteiger partial charge < -0.3 is 25.8 Å². The number of benzene rings is 2. The molecule has 1 atom stereocenters. The Morgan fingerprint density at radius 3 is 2.70 bits per heavy atom. The number of ether oxygens (including phenoxy) is 1.